The number of hydrogen-bond acceptors (Lipinski definition) is 5. The fraction of sp³-hybridized carbons (Fsp3) is 0.400. The molecule has 6 nitrogen and oxygen atoms in total. The molecule has 0 fully saturated rings. The lowest BCUT2D eigenvalue weighted by Crippen LogP contribution is -2.29. The number of alkyl halides is 3. The Kier molecular flexibility index (Phi) is 5.55. The van der Waals surface area contributed by atoms with Crippen LogP contribution in [0.2, 0.25) is 0 Å². The van der Waals surface area contributed by atoms with E-state index in [-0.39, 0.29) is 18.2 Å². The van der Waals surface area contributed by atoms with E-state index in [2.05, 4.69) is 14.7 Å². The van der Waals surface area contributed by atoms with Crippen LogP contribution in [0.3, 0.4) is 0 Å². The van der Waals surface area contributed by atoms with Gasteiger partial charge in [0.25, 0.3) is 5.91 Å². The van der Waals surface area contributed by atoms with Gasteiger partial charge in [0, 0.05) is 32.7 Å². The van der Waals surface area contributed by atoms with Crippen molar-refractivity contribution < 1.29 is 27.2 Å². The summed E-state index contributed by atoms with van der Waals surface area (Å²) in [7, 11) is 3.21. The number of hydrogen-bond donors (Lipinski definition) is 0. The van der Waals surface area contributed by atoms with Crippen LogP contribution in [0.5, 0.6) is 0 Å². The number of ether oxygens (including phenoxy) is 1. The van der Waals surface area contributed by atoms with Crippen LogP contribution in [0.4, 0.5) is 13.2 Å². The van der Waals surface area contributed by atoms with Gasteiger partial charge in [0.15, 0.2) is 5.82 Å². The van der Waals surface area contributed by atoms with Crippen LogP contribution in [0.15, 0.2) is 28.8 Å². The van der Waals surface area contributed by atoms with Crippen molar-refractivity contribution in [2.45, 2.75) is 12.6 Å². The lowest BCUT2D eigenvalue weighted by atomic mass is 10.1. The van der Waals surface area contributed by atoms with Crippen molar-refractivity contribution in [2.24, 2.45) is 0 Å². The number of amides is 1. The molecule has 0 aliphatic carbocycles. The van der Waals surface area contributed by atoms with Crippen LogP contribution < -0.4 is 0 Å². The topological polar surface area (TPSA) is 68.5 Å². The zero-order valence-corrected chi connectivity index (χ0v) is 13.1. The van der Waals surface area contributed by atoms with Crippen LogP contribution >= 0.6 is 0 Å². The van der Waals surface area contributed by atoms with E-state index in [0.717, 1.165) is 0 Å². The highest BCUT2D eigenvalue weighted by molar-refractivity contribution is 5.94. The second kappa shape index (κ2) is 7.43. The van der Waals surface area contributed by atoms with E-state index in [1.54, 1.807) is 38.4 Å². The van der Waals surface area contributed by atoms with Gasteiger partial charge in [-0.2, -0.15) is 18.2 Å². The maximum Gasteiger partial charge on any atom is 0.471 e. The highest BCUT2D eigenvalue weighted by Gasteiger charge is 2.38. The first-order valence-electron chi connectivity index (χ1n) is 7.04. The van der Waals surface area contributed by atoms with Crippen molar-refractivity contribution in [3.8, 4) is 0 Å². The Bertz CT molecular complexity index is 683. The number of carbonyl (C=O) groups excluding carboxylic acids is 1. The molecule has 1 heterocycles. The maximum absolute atomic E-state index is 12.4. The van der Waals surface area contributed by atoms with E-state index in [1.807, 2.05) is 0 Å². The van der Waals surface area contributed by atoms with Crippen molar-refractivity contribution >= 4 is 5.91 Å². The van der Waals surface area contributed by atoms with Crippen molar-refractivity contribution in [3.63, 3.8) is 0 Å². The summed E-state index contributed by atoms with van der Waals surface area (Å²) in [5.74, 6) is -1.61. The van der Waals surface area contributed by atoms with Gasteiger partial charge < -0.3 is 14.2 Å². The zero-order chi connectivity index (χ0) is 17.7. The standard InChI is InChI=1S/C15H16F3N3O3/c1-21(7-8-23-2)13(22)11-5-3-10(4-6-11)9-12-19-14(24-20-12)15(16,17)18/h3-6H,7-9H2,1-2H3. The Labute approximate surface area is 136 Å². The molecule has 0 unspecified atom stereocenters. The number of benzene rings is 1. The van der Waals surface area contributed by atoms with E-state index in [0.29, 0.717) is 24.3 Å². The molecule has 130 valence electrons. The van der Waals surface area contributed by atoms with Crippen molar-refractivity contribution in [1.82, 2.24) is 15.0 Å². The van der Waals surface area contributed by atoms with Gasteiger partial charge in [-0.25, -0.2) is 0 Å². The highest BCUT2D eigenvalue weighted by atomic mass is 19.4. The molecule has 1 aromatic carbocycles. The highest BCUT2D eigenvalue weighted by Crippen LogP contribution is 2.27. The van der Waals surface area contributed by atoms with Crippen LogP contribution in [0, 0.1) is 0 Å². The van der Waals surface area contributed by atoms with Gasteiger partial charge in [-0.3, -0.25) is 4.79 Å². The first-order chi connectivity index (χ1) is 11.3. The summed E-state index contributed by atoms with van der Waals surface area (Å²) in [6.07, 6.45) is -4.58. The predicted octanol–water partition coefficient (Wildman–Crippen LogP) is 2.40. The summed E-state index contributed by atoms with van der Waals surface area (Å²) in [6.45, 7) is 0.889. The van der Waals surface area contributed by atoms with Crippen molar-refractivity contribution in [3.05, 3.63) is 47.1 Å². The summed E-state index contributed by atoms with van der Waals surface area (Å²) < 4.78 is 46.3. The molecular weight excluding hydrogens is 327 g/mol. The molecule has 1 aromatic heterocycles. The van der Waals surface area contributed by atoms with E-state index in [9.17, 15) is 18.0 Å². The molecule has 24 heavy (non-hydrogen) atoms. The molecule has 1 amide bonds. The second-order valence-electron chi connectivity index (χ2n) is 5.11. The molecule has 0 saturated heterocycles. The third kappa shape index (κ3) is 4.54. The van der Waals surface area contributed by atoms with Crippen molar-refractivity contribution in [2.75, 3.05) is 27.3 Å². The monoisotopic (exact) mass is 343 g/mol. The number of aromatic nitrogens is 2. The maximum atomic E-state index is 12.4. The SMILES string of the molecule is COCCN(C)C(=O)c1ccc(Cc2noc(C(F)(F)F)n2)cc1. The van der Waals surface area contributed by atoms with Gasteiger partial charge in [0.1, 0.15) is 0 Å². The Morgan fingerprint density at radius 3 is 2.50 bits per heavy atom. The number of halogens is 3. The molecule has 9 heteroatoms. The quantitative estimate of drug-likeness (QED) is 0.806. The third-order valence-corrected chi connectivity index (χ3v) is 3.25. The van der Waals surface area contributed by atoms with Gasteiger partial charge in [-0.15, -0.1) is 0 Å². The number of carbonyl (C=O) groups is 1. The van der Waals surface area contributed by atoms with Gasteiger partial charge >= 0.3 is 12.1 Å². The fourth-order valence-corrected chi connectivity index (χ4v) is 1.94. The number of rotatable bonds is 6. The number of methoxy groups -OCH3 is 1. The van der Waals surface area contributed by atoms with E-state index < -0.39 is 12.1 Å². The second-order valence-corrected chi connectivity index (χ2v) is 5.11. The Morgan fingerprint density at radius 1 is 1.29 bits per heavy atom. The number of likely N-dealkylation sites (N-methyl/N-ethyl adjacent to an activating group) is 1. The Balaban J connectivity index is 2.02. The third-order valence-electron chi connectivity index (χ3n) is 3.25. The summed E-state index contributed by atoms with van der Waals surface area (Å²) >= 11 is 0. The van der Waals surface area contributed by atoms with Gasteiger partial charge in [0.2, 0.25) is 0 Å². The molecule has 0 aliphatic rings. The lowest BCUT2D eigenvalue weighted by molar-refractivity contribution is -0.159. The average Bonchev–Trinajstić information content (AvgIpc) is 3.01. The van der Waals surface area contributed by atoms with E-state index in [1.165, 1.54) is 4.90 Å². The Morgan fingerprint density at radius 2 is 1.96 bits per heavy atom. The van der Waals surface area contributed by atoms with Crippen LogP contribution in [0.25, 0.3) is 0 Å². The van der Waals surface area contributed by atoms with E-state index >= 15 is 0 Å². The van der Waals surface area contributed by atoms with E-state index in [4.69, 9.17) is 4.74 Å². The van der Waals surface area contributed by atoms with Gasteiger partial charge in [-0.1, -0.05) is 17.3 Å². The van der Waals surface area contributed by atoms with Gasteiger partial charge in [-0.05, 0) is 17.7 Å². The average molecular weight is 343 g/mol. The molecule has 2 aromatic rings. The van der Waals surface area contributed by atoms with Crippen LogP contribution in [-0.2, 0) is 17.3 Å². The van der Waals surface area contributed by atoms with Crippen LogP contribution in [0.1, 0.15) is 27.6 Å². The summed E-state index contributed by atoms with van der Waals surface area (Å²) in [4.78, 5) is 17.0. The number of nitrogens with zero attached hydrogens (tertiary/aromatic N) is 3. The molecule has 0 radical (unpaired) electrons. The normalized spacial score (nSPS) is 11.5. The van der Waals surface area contributed by atoms with Gasteiger partial charge in [0.05, 0.1) is 6.61 Å². The molecule has 0 bridgehead atoms. The zero-order valence-electron chi connectivity index (χ0n) is 13.1. The first kappa shape index (κ1) is 17.9. The molecular formula is C15H16F3N3O3. The first-order valence-corrected chi connectivity index (χ1v) is 7.04. The van der Waals surface area contributed by atoms with Crippen molar-refractivity contribution in [1.29, 1.82) is 0 Å². The largest absolute Gasteiger partial charge is 0.471 e. The minimum atomic E-state index is -4.66. The minimum Gasteiger partial charge on any atom is -0.383 e. The summed E-state index contributed by atoms with van der Waals surface area (Å²) in [6, 6.07) is 6.49. The molecule has 0 atom stereocenters. The molecule has 0 spiro atoms. The van der Waals surface area contributed by atoms with Crippen LogP contribution in [-0.4, -0.2) is 48.3 Å². The molecule has 0 saturated carbocycles. The smallest absolute Gasteiger partial charge is 0.383 e. The molecule has 0 aliphatic heterocycles. The summed E-state index contributed by atoms with van der Waals surface area (Å²) in [5.41, 5.74) is 1.14. The minimum absolute atomic E-state index is 0.0707. The Hall–Kier alpha value is -2.42. The molecule has 0 N–H and O–H groups in total. The summed E-state index contributed by atoms with van der Waals surface area (Å²) in [5, 5.41) is 3.30. The molecule has 2 rings (SSSR count). The fourth-order valence-electron chi connectivity index (χ4n) is 1.94. The lowest BCUT2D eigenvalue weighted by Gasteiger charge is -2.16. The predicted molar refractivity (Wildman–Crippen MR) is 77.4 cm³/mol.